The van der Waals surface area contributed by atoms with Crippen molar-refractivity contribution >= 4 is 0 Å². The molecule has 3 heteroatoms. The molecule has 0 amide bonds. The average Bonchev–Trinajstić information content (AvgIpc) is 2.43. The Morgan fingerprint density at radius 1 is 1.19 bits per heavy atom. The Balaban J connectivity index is 1.63. The van der Waals surface area contributed by atoms with E-state index in [1.54, 1.807) is 0 Å². The van der Waals surface area contributed by atoms with Crippen molar-refractivity contribution in [3.8, 4) is 0 Å². The molecule has 0 aromatic heterocycles. The number of hydrogen-bond acceptors (Lipinski definition) is 3. The van der Waals surface area contributed by atoms with Crippen LogP contribution in [0.1, 0.15) is 26.7 Å². The Labute approximate surface area is 100 Å². The van der Waals surface area contributed by atoms with Crippen molar-refractivity contribution in [2.24, 2.45) is 5.92 Å². The summed E-state index contributed by atoms with van der Waals surface area (Å²) >= 11 is 0. The molecule has 1 N–H and O–H groups in total. The molecule has 16 heavy (non-hydrogen) atoms. The Kier molecular flexibility index (Phi) is 4.62. The third kappa shape index (κ3) is 3.44. The normalized spacial score (nSPS) is 25.7. The van der Waals surface area contributed by atoms with Crippen molar-refractivity contribution < 1.29 is 0 Å². The third-order valence-electron chi connectivity index (χ3n) is 3.85. The summed E-state index contributed by atoms with van der Waals surface area (Å²) in [5, 5.41) is 3.48. The lowest BCUT2D eigenvalue weighted by Gasteiger charge is -2.45. The van der Waals surface area contributed by atoms with Crippen LogP contribution in [0.3, 0.4) is 0 Å². The van der Waals surface area contributed by atoms with Crippen LogP contribution in [0.4, 0.5) is 0 Å². The second-order valence-corrected chi connectivity index (χ2v) is 5.74. The Morgan fingerprint density at radius 3 is 2.75 bits per heavy atom. The summed E-state index contributed by atoms with van der Waals surface area (Å²) in [6, 6.07) is 0.854. The molecule has 2 aliphatic heterocycles. The molecule has 0 bridgehead atoms. The van der Waals surface area contributed by atoms with Gasteiger partial charge in [0.15, 0.2) is 0 Å². The van der Waals surface area contributed by atoms with Crippen molar-refractivity contribution in [2.75, 3.05) is 45.8 Å². The summed E-state index contributed by atoms with van der Waals surface area (Å²) in [6.07, 6.45) is 2.68. The second-order valence-electron chi connectivity index (χ2n) is 5.74. The quantitative estimate of drug-likeness (QED) is 0.770. The van der Waals surface area contributed by atoms with Crippen LogP contribution in [0, 0.1) is 5.92 Å². The topological polar surface area (TPSA) is 18.5 Å². The van der Waals surface area contributed by atoms with Gasteiger partial charge in [-0.1, -0.05) is 13.8 Å². The first-order valence-electron chi connectivity index (χ1n) is 6.93. The average molecular weight is 225 g/mol. The first-order valence-corrected chi connectivity index (χ1v) is 6.93. The molecule has 0 aromatic carbocycles. The number of rotatable bonds is 4. The molecule has 0 spiro atoms. The minimum atomic E-state index is 0.849. The van der Waals surface area contributed by atoms with Gasteiger partial charge in [0.05, 0.1) is 0 Å². The van der Waals surface area contributed by atoms with E-state index in [0.717, 1.165) is 12.0 Å². The summed E-state index contributed by atoms with van der Waals surface area (Å²) in [7, 11) is 0. The van der Waals surface area contributed by atoms with E-state index >= 15 is 0 Å². The van der Waals surface area contributed by atoms with E-state index in [2.05, 4.69) is 29.0 Å². The lowest BCUT2D eigenvalue weighted by atomic mass is 10.0. The minimum absolute atomic E-state index is 0.849. The zero-order valence-corrected chi connectivity index (χ0v) is 10.9. The summed E-state index contributed by atoms with van der Waals surface area (Å²) < 4.78 is 0. The molecular weight excluding hydrogens is 198 g/mol. The van der Waals surface area contributed by atoms with Gasteiger partial charge in [0, 0.05) is 32.2 Å². The van der Waals surface area contributed by atoms with Crippen LogP contribution < -0.4 is 5.32 Å². The van der Waals surface area contributed by atoms with E-state index in [-0.39, 0.29) is 0 Å². The van der Waals surface area contributed by atoms with Gasteiger partial charge in [-0.2, -0.15) is 0 Å². The van der Waals surface area contributed by atoms with Crippen molar-refractivity contribution in [3.05, 3.63) is 0 Å². The van der Waals surface area contributed by atoms with Crippen LogP contribution in [0.2, 0.25) is 0 Å². The lowest BCUT2D eigenvalue weighted by molar-refractivity contribution is 0.0349. The Morgan fingerprint density at radius 2 is 2.00 bits per heavy atom. The van der Waals surface area contributed by atoms with Crippen molar-refractivity contribution in [3.63, 3.8) is 0 Å². The van der Waals surface area contributed by atoms with Crippen LogP contribution in [0.25, 0.3) is 0 Å². The predicted octanol–water partition coefficient (Wildman–Crippen LogP) is 1.01. The lowest BCUT2D eigenvalue weighted by Crippen LogP contribution is -2.60. The molecule has 2 fully saturated rings. The zero-order valence-electron chi connectivity index (χ0n) is 10.9. The fourth-order valence-electron chi connectivity index (χ4n) is 2.63. The maximum absolute atomic E-state index is 3.48. The Bertz CT molecular complexity index is 191. The monoisotopic (exact) mass is 225 g/mol. The largest absolute Gasteiger partial charge is 0.315 e. The fraction of sp³-hybridized carbons (Fsp3) is 1.00. The highest BCUT2D eigenvalue weighted by Gasteiger charge is 2.31. The summed E-state index contributed by atoms with van der Waals surface area (Å²) in [5.74, 6) is 0.849. The van der Waals surface area contributed by atoms with Crippen LogP contribution in [0.15, 0.2) is 0 Å². The van der Waals surface area contributed by atoms with E-state index in [4.69, 9.17) is 0 Å². The van der Waals surface area contributed by atoms with Gasteiger partial charge in [-0.3, -0.25) is 4.90 Å². The highest BCUT2D eigenvalue weighted by molar-refractivity contribution is 4.89. The van der Waals surface area contributed by atoms with E-state index in [9.17, 15) is 0 Å². The van der Waals surface area contributed by atoms with Gasteiger partial charge < -0.3 is 10.2 Å². The molecule has 0 radical (unpaired) electrons. The van der Waals surface area contributed by atoms with Crippen LogP contribution in [-0.4, -0.2) is 61.7 Å². The van der Waals surface area contributed by atoms with E-state index < -0.39 is 0 Å². The van der Waals surface area contributed by atoms with E-state index in [1.165, 1.54) is 58.7 Å². The minimum Gasteiger partial charge on any atom is -0.315 e. The summed E-state index contributed by atoms with van der Waals surface area (Å²) in [6.45, 7) is 13.5. The fourth-order valence-corrected chi connectivity index (χ4v) is 2.63. The van der Waals surface area contributed by atoms with Gasteiger partial charge in [-0.25, -0.2) is 0 Å². The van der Waals surface area contributed by atoms with Gasteiger partial charge >= 0.3 is 0 Å². The molecule has 2 saturated heterocycles. The first kappa shape index (κ1) is 12.3. The highest BCUT2D eigenvalue weighted by atomic mass is 15.3. The molecule has 0 atom stereocenters. The van der Waals surface area contributed by atoms with Crippen molar-refractivity contribution in [2.45, 2.75) is 32.7 Å². The second kappa shape index (κ2) is 5.99. The number of nitrogens with zero attached hydrogens (tertiary/aromatic N) is 2. The Hall–Kier alpha value is -0.120. The molecule has 2 heterocycles. The zero-order chi connectivity index (χ0) is 11.4. The summed E-state index contributed by atoms with van der Waals surface area (Å²) in [4.78, 5) is 5.30. The van der Waals surface area contributed by atoms with E-state index in [1.807, 2.05) is 0 Å². The number of hydrogen-bond donors (Lipinski definition) is 1. The summed E-state index contributed by atoms with van der Waals surface area (Å²) in [5.41, 5.74) is 0. The third-order valence-corrected chi connectivity index (χ3v) is 3.85. The molecule has 2 rings (SSSR count). The molecule has 0 saturated carbocycles. The van der Waals surface area contributed by atoms with E-state index in [0.29, 0.717) is 0 Å². The molecule has 0 aliphatic carbocycles. The van der Waals surface area contributed by atoms with Gasteiger partial charge in [-0.05, 0) is 38.4 Å². The molecule has 94 valence electrons. The van der Waals surface area contributed by atoms with Gasteiger partial charge in [-0.15, -0.1) is 0 Å². The number of nitrogens with one attached hydrogen (secondary N) is 1. The predicted molar refractivity (Wildman–Crippen MR) is 68.7 cm³/mol. The van der Waals surface area contributed by atoms with Crippen molar-refractivity contribution in [1.82, 2.24) is 15.1 Å². The smallest absolute Gasteiger partial charge is 0.0351 e. The van der Waals surface area contributed by atoms with Gasteiger partial charge in [0.1, 0.15) is 0 Å². The molecule has 0 unspecified atom stereocenters. The standard InChI is InChI=1S/C13H27N3/c1-12(2)4-8-15-10-13(11-15)16-7-3-5-14-6-9-16/h12-14H,3-11H2,1-2H3. The first-order chi connectivity index (χ1) is 7.75. The number of likely N-dealkylation sites (tertiary alicyclic amines) is 1. The van der Waals surface area contributed by atoms with Crippen molar-refractivity contribution in [1.29, 1.82) is 0 Å². The molecule has 0 aromatic rings. The maximum atomic E-state index is 3.48. The van der Waals surface area contributed by atoms with Gasteiger partial charge in [0.25, 0.3) is 0 Å². The molecular formula is C13H27N3. The van der Waals surface area contributed by atoms with Crippen LogP contribution >= 0.6 is 0 Å². The van der Waals surface area contributed by atoms with Crippen LogP contribution in [-0.2, 0) is 0 Å². The maximum Gasteiger partial charge on any atom is 0.0351 e. The van der Waals surface area contributed by atoms with Crippen LogP contribution in [0.5, 0.6) is 0 Å². The molecule has 3 nitrogen and oxygen atoms in total. The molecule has 2 aliphatic rings. The highest BCUT2D eigenvalue weighted by Crippen LogP contribution is 2.17. The SMILES string of the molecule is CC(C)CCN1CC(N2CCCNCC2)C1. The van der Waals surface area contributed by atoms with Gasteiger partial charge in [0.2, 0.25) is 0 Å².